The summed E-state index contributed by atoms with van der Waals surface area (Å²) >= 11 is 0. The van der Waals surface area contributed by atoms with Crippen LogP contribution < -0.4 is 43.5 Å². The summed E-state index contributed by atoms with van der Waals surface area (Å²) in [5.41, 5.74) is 2.59. The Bertz CT molecular complexity index is 888. The maximum absolute atomic E-state index is 12.5. The SMILES string of the molecule is CC(C)(C)CC(C)(C)c1ccc(OP(=O)([O-])Oc2ccc(C(C)(C)CC(C)(C)C)cc2)cc1.[Na+]. The van der Waals surface area contributed by atoms with E-state index in [4.69, 9.17) is 9.05 Å². The van der Waals surface area contributed by atoms with Crippen LogP contribution in [-0.4, -0.2) is 0 Å². The molecule has 0 aliphatic heterocycles. The fourth-order valence-electron chi connectivity index (χ4n) is 5.07. The van der Waals surface area contributed by atoms with Crippen LogP contribution in [0.1, 0.15) is 93.2 Å². The van der Waals surface area contributed by atoms with E-state index < -0.39 is 7.82 Å². The van der Waals surface area contributed by atoms with Crippen LogP contribution in [0.5, 0.6) is 11.5 Å². The Labute approximate surface area is 229 Å². The van der Waals surface area contributed by atoms with Crippen molar-refractivity contribution in [1.82, 2.24) is 0 Å². The molecule has 2 aromatic carbocycles. The Balaban J connectivity index is 0.00000578. The van der Waals surface area contributed by atoms with E-state index in [9.17, 15) is 9.46 Å². The first-order valence-electron chi connectivity index (χ1n) is 11.7. The molecule has 0 amide bonds. The Hall–Kier alpha value is -0.770. The van der Waals surface area contributed by atoms with Crippen molar-refractivity contribution in [2.45, 2.75) is 92.9 Å². The molecule has 0 N–H and O–H groups in total. The molecule has 0 atom stereocenters. The largest absolute Gasteiger partial charge is 1.00 e. The summed E-state index contributed by atoms with van der Waals surface area (Å²) < 4.78 is 22.9. The standard InChI is InChI=1S/C28H43O4P.Na/c1-25(2,3)19-27(7,8)21-11-15-23(16-12-21)31-33(29,30)32-24-17-13-22(14-18-24)28(9,10)20-26(4,5)6;/h11-18H,19-20H2,1-10H3,(H,29,30);/q;+1/p-1. The van der Waals surface area contributed by atoms with E-state index in [1.807, 2.05) is 24.3 Å². The van der Waals surface area contributed by atoms with Gasteiger partial charge >= 0.3 is 37.4 Å². The van der Waals surface area contributed by atoms with Gasteiger partial charge in [-0.25, -0.2) is 4.57 Å². The molecule has 0 heterocycles. The summed E-state index contributed by atoms with van der Waals surface area (Å²) in [6, 6.07) is 14.4. The van der Waals surface area contributed by atoms with E-state index >= 15 is 0 Å². The van der Waals surface area contributed by atoms with Gasteiger partial charge in [-0.15, -0.1) is 0 Å². The second-order valence-electron chi connectivity index (χ2n) is 12.9. The van der Waals surface area contributed by atoms with Crippen molar-refractivity contribution in [1.29, 1.82) is 0 Å². The minimum Gasteiger partial charge on any atom is -0.736 e. The predicted octanol–water partition coefficient (Wildman–Crippen LogP) is 5.04. The molecule has 184 valence electrons. The summed E-state index contributed by atoms with van der Waals surface area (Å²) in [4.78, 5) is 12.5. The molecule has 2 rings (SSSR count). The monoisotopic (exact) mass is 496 g/mol. The van der Waals surface area contributed by atoms with Crippen molar-refractivity contribution in [2.75, 3.05) is 0 Å². The Morgan fingerprint density at radius 2 is 0.882 bits per heavy atom. The van der Waals surface area contributed by atoms with Gasteiger partial charge in [-0.1, -0.05) is 93.5 Å². The van der Waals surface area contributed by atoms with Gasteiger partial charge in [-0.2, -0.15) is 0 Å². The molecule has 0 aliphatic carbocycles. The topological polar surface area (TPSA) is 58.6 Å². The maximum Gasteiger partial charge on any atom is 1.00 e. The van der Waals surface area contributed by atoms with Gasteiger partial charge in [0.25, 0.3) is 0 Å². The number of hydrogen-bond acceptors (Lipinski definition) is 4. The van der Waals surface area contributed by atoms with Crippen molar-refractivity contribution >= 4 is 7.82 Å². The molecule has 0 saturated heterocycles. The molecular weight excluding hydrogens is 454 g/mol. The molecule has 6 heteroatoms. The number of phosphoric acid groups is 1. The van der Waals surface area contributed by atoms with E-state index in [1.54, 1.807) is 24.3 Å². The van der Waals surface area contributed by atoms with Gasteiger partial charge in [0.1, 0.15) is 11.5 Å². The predicted molar refractivity (Wildman–Crippen MR) is 136 cm³/mol. The first-order chi connectivity index (χ1) is 14.8. The molecule has 2 aromatic rings. The van der Waals surface area contributed by atoms with Gasteiger partial charge in [0, 0.05) is 0 Å². The molecule has 0 radical (unpaired) electrons. The average Bonchev–Trinajstić information content (AvgIpc) is 2.57. The fourth-order valence-corrected chi connectivity index (χ4v) is 5.86. The third-order valence-electron chi connectivity index (χ3n) is 5.65. The maximum atomic E-state index is 12.5. The van der Waals surface area contributed by atoms with E-state index in [-0.39, 0.29) is 62.7 Å². The van der Waals surface area contributed by atoms with Crippen LogP contribution in [0, 0.1) is 10.8 Å². The third kappa shape index (κ3) is 10.1. The van der Waals surface area contributed by atoms with Crippen LogP contribution >= 0.6 is 7.82 Å². The van der Waals surface area contributed by atoms with Gasteiger partial charge < -0.3 is 13.9 Å². The third-order valence-corrected chi connectivity index (χ3v) is 6.52. The summed E-state index contributed by atoms with van der Waals surface area (Å²) in [6.07, 6.45) is 2.01. The minimum atomic E-state index is -4.56. The fraction of sp³-hybridized carbons (Fsp3) is 0.571. The zero-order chi connectivity index (χ0) is 25.3. The zero-order valence-electron chi connectivity index (χ0n) is 23.1. The average molecular weight is 497 g/mol. The van der Waals surface area contributed by atoms with Crippen molar-refractivity contribution in [3.63, 3.8) is 0 Å². The van der Waals surface area contributed by atoms with Gasteiger partial charge in [0.05, 0.1) is 0 Å². The van der Waals surface area contributed by atoms with Crippen molar-refractivity contribution < 1.29 is 48.1 Å². The second-order valence-corrected chi connectivity index (χ2v) is 14.2. The van der Waals surface area contributed by atoms with Crippen LogP contribution in [-0.2, 0) is 15.4 Å². The molecule has 0 fully saturated rings. The molecule has 0 bridgehead atoms. The van der Waals surface area contributed by atoms with Crippen LogP contribution in [0.3, 0.4) is 0 Å². The normalized spacial score (nSPS) is 13.3. The molecule has 0 saturated carbocycles. The number of rotatable bonds is 8. The molecule has 0 aliphatic rings. The van der Waals surface area contributed by atoms with E-state index in [1.165, 1.54) is 0 Å². The Morgan fingerprint density at radius 1 is 0.618 bits per heavy atom. The summed E-state index contributed by atoms with van der Waals surface area (Å²) in [7, 11) is -4.56. The van der Waals surface area contributed by atoms with E-state index in [0.29, 0.717) is 0 Å². The number of hydrogen-bond donors (Lipinski definition) is 0. The van der Waals surface area contributed by atoms with Gasteiger partial charge in [0.15, 0.2) is 0 Å². The molecule has 0 aromatic heterocycles. The van der Waals surface area contributed by atoms with E-state index in [0.717, 1.165) is 24.0 Å². The van der Waals surface area contributed by atoms with Crippen molar-refractivity contribution in [2.24, 2.45) is 10.8 Å². The Morgan fingerprint density at radius 3 is 1.12 bits per heavy atom. The number of benzene rings is 2. The molecular formula is C28H42NaO4P. The summed E-state index contributed by atoms with van der Waals surface area (Å²) in [6.45, 7) is 22.1. The quantitative estimate of drug-likeness (QED) is 0.379. The smallest absolute Gasteiger partial charge is 0.736 e. The minimum absolute atomic E-state index is 0. The van der Waals surface area contributed by atoms with Crippen LogP contribution in [0.4, 0.5) is 0 Å². The Kier molecular flexibility index (Phi) is 10.2. The van der Waals surface area contributed by atoms with Crippen LogP contribution in [0.2, 0.25) is 0 Å². The van der Waals surface area contributed by atoms with Crippen molar-refractivity contribution in [3.8, 4) is 11.5 Å². The summed E-state index contributed by atoms with van der Waals surface area (Å²) in [5.74, 6) is 0.484. The van der Waals surface area contributed by atoms with Crippen molar-refractivity contribution in [3.05, 3.63) is 59.7 Å². The van der Waals surface area contributed by atoms with Gasteiger partial charge in [0.2, 0.25) is 0 Å². The van der Waals surface area contributed by atoms with Crippen LogP contribution in [0.25, 0.3) is 0 Å². The van der Waals surface area contributed by atoms with E-state index in [2.05, 4.69) is 69.2 Å². The molecule has 0 unspecified atom stereocenters. The first kappa shape index (κ1) is 31.3. The second kappa shape index (κ2) is 11.1. The molecule has 0 spiro atoms. The number of phosphoric ester groups is 1. The zero-order valence-corrected chi connectivity index (χ0v) is 26.0. The molecule has 4 nitrogen and oxygen atoms in total. The summed E-state index contributed by atoms with van der Waals surface area (Å²) in [5, 5.41) is 0. The first-order valence-corrected chi connectivity index (χ1v) is 13.2. The van der Waals surface area contributed by atoms with Gasteiger partial charge in [-0.3, -0.25) is 0 Å². The molecule has 34 heavy (non-hydrogen) atoms. The van der Waals surface area contributed by atoms with Crippen LogP contribution in [0.15, 0.2) is 48.5 Å². The van der Waals surface area contributed by atoms with Gasteiger partial charge in [-0.05, 0) is 69.9 Å².